The van der Waals surface area contributed by atoms with Gasteiger partial charge in [-0.1, -0.05) is 19.9 Å². The van der Waals surface area contributed by atoms with E-state index in [9.17, 15) is 19.8 Å². The van der Waals surface area contributed by atoms with E-state index in [-0.39, 0.29) is 11.1 Å². The van der Waals surface area contributed by atoms with E-state index in [2.05, 4.69) is 0 Å². The normalized spacial score (nSPS) is 35.6. The van der Waals surface area contributed by atoms with Crippen LogP contribution in [0.15, 0.2) is 35.4 Å². The summed E-state index contributed by atoms with van der Waals surface area (Å²) < 4.78 is 31.3. The molecule has 0 aliphatic heterocycles. The molecular formula is C15H20O5. The Hall–Kier alpha value is -1.72. The smallest absolute Gasteiger partial charge is 0.328 e. The number of ketones is 1. The maximum Gasteiger partial charge on any atom is 0.328 e. The highest BCUT2D eigenvalue weighted by Crippen LogP contribution is 2.44. The van der Waals surface area contributed by atoms with E-state index >= 15 is 0 Å². The molecule has 0 aromatic heterocycles. The monoisotopic (exact) mass is 284 g/mol. The van der Waals surface area contributed by atoms with Gasteiger partial charge in [-0.3, -0.25) is 4.79 Å². The van der Waals surface area contributed by atoms with Crippen molar-refractivity contribution in [2.24, 2.45) is 5.41 Å². The van der Waals surface area contributed by atoms with E-state index in [4.69, 9.17) is 10.6 Å². The van der Waals surface area contributed by atoms with Gasteiger partial charge < -0.3 is 15.3 Å². The third-order valence-electron chi connectivity index (χ3n) is 3.16. The van der Waals surface area contributed by atoms with Crippen molar-refractivity contribution in [3.63, 3.8) is 0 Å². The van der Waals surface area contributed by atoms with E-state index in [1.54, 1.807) is 0 Å². The zero-order chi connectivity index (χ0) is 18.9. The van der Waals surface area contributed by atoms with Crippen molar-refractivity contribution < 1.29 is 30.4 Å². The molecule has 0 aromatic rings. The highest BCUT2D eigenvalue weighted by molar-refractivity contribution is 5.93. The summed E-state index contributed by atoms with van der Waals surface area (Å²) in [5, 5.41) is 29.3. The molecule has 0 saturated carbocycles. The number of hydrogen-bond donors (Lipinski definition) is 3. The minimum Gasteiger partial charge on any atom is -0.478 e. The first-order valence-corrected chi connectivity index (χ1v) is 5.96. The Labute approximate surface area is 123 Å². The van der Waals surface area contributed by atoms with Crippen molar-refractivity contribution in [3.05, 3.63) is 35.4 Å². The van der Waals surface area contributed by atoms with Crippen LogP contribution in [-0.4, -0.2) is 39.3 Å². The second kappa shape index (κ2) is 5.73. The predicted octanol–water partition coefficient (Wildman–Crippen LogP) is 1.22. The molecule has 3 N–H and O–H groups in total. The molecule has 0 fully saturated rings. The standard InChI is InChI=1S/C15H20O5/c1-10(6-13(18)19)4-5-15(20)11(9-16)7-12(17)8-14(15,2)3/h4-7,16,20H,8-9H2,1-3H3,(H,18,19)/b5-4+,10-6-/t15-/m0/s1/i2D3,5D/t14-,15+/m1. The molecule has 1 rings (SSSR count). The minimum atomic E-state index is -2.81. The Balaban J connectivity index is 3.66. The number of hydrogen-bond acceptors (Lipinski definition) is 4. The Bertz CT molecular complexity index is 647. The molecule has 0 spiro atoms. The molecule has 5 nitrogen and oxygen atoms in total. The van der Waals surface area contributed by atoms with Gasteiger partial charge in [-0.05, 0) is 30.2 Å². The number of allylic oxidation sites excluding steroid dienone is 3. The minimum absolute atomic E-state index is 0.100. The number of carbonyl (C=O) groups excluding carboxylic acids is 1. The Morgan fingerprint density at radius 1 is 1.65 bits per heavy atom. The highest BCUT2D eigenvalue weighted by atomic mass is 16.4. The largest absolute Gasteiger partial charge is 0.478 e. The van der Waals surface area contributed by atoms with Gasteiger partial charge in [0.05, 0.1) is 7.98 Å². The molecule has 20 heavy (non-hydrogen) atoms. The molecule has 0 bridgehead atoms. The number of carboxylic acids is 1. The number of aliphatic hydroxyl groups excluding tert-OH is 1. The van der Waals surface area contributed by atoms with Crippen LogP contribution in [0, 0.1) is 5.41 Å². The zero-order valence-electron chi connectivity index (χ0n) is 15.3. The molecule has 0 amide bonds. The third-order valence-corrected chi connectivity index (χ3v) is 3.16. The lowest BCUT2D eigenvalue weighted by Gasteiger charge is -2.44. The molecule has 0 radical (unpaired) electrons. The van der Waals surface area contributed by atoms with Gasteiger partial charge in [-0.15, -0.1) is 0 Å². The van der Waals surface area contributed by atoms with Gasteiger partial charge in [-0.25, -0.2) is 4.79 Å². The second-order valence-corrected chi connectivity index (χ2v) is 5.03. The van der Waals surface area contributed by atoms with Crippen LogP contribution in [0.1, 0.15) is 32.6 Å². The lowest BCUT2D eigenvalue weighted by Crippen LogP contribution is -2.49. The maximum absolute atomic E-state index is 11.9. The molecule has 5 heteroatoms. The van der Waals surface area contributed by atoms with Gasteiger partial charge in [0.15, 0.2) is 5.78 Å². The van der Waals surface area contributed by atoms with Crippen LogP contribution < -0.4 is 0 Å². The average molecular weight is 284 g/mol. The summed E-state index contributed by atoms with van der Waals surface area (Å²) in [6.07, 6.45) is 2.20. The van der Waals surface area contributed by atoms with Crippen molar-refractivity contribution in [1.82, 2.24) is 0 Å². The van der Waals surface area contributed by atoms with Gasteiger partial charge in [0, 0.05) is 22.0 Å². The van der Waals surface area contributed by atoms with Crippen molar-refractivity contribution in [2.75, 3.05) is 6.61 Å². The number of aliphatic hydroxyl groups is 2. The molecule has 1 aliphatic carbocycles. The fourth-order valence-corrected chi connectivity index (χ4v) is 2.05. The number of carbonyl (C=O) groups is 2. The van der Waals surface area contributed by atoms with Gasteiger partial charge in [0.25, 0.3) is 0 Å². The summed E-state index contributed by atoms with van der Waals surface area (Å²) in [5.41, 5.74) is -4.68. The highest BCUT2D eigenvalue weighted by Gasteiger charge is 2.47. The van der Waals surface area contributed by atoms with Gasteiger partial charge in [0.1, 0.15) is 5.60 Å². The second-order valence-electron chi connectivity index (χ2n) is 5.03. The fraction of sp³-hybridized carbons (Fsp3) is 0.467. The Morgan fingerprint density at radius 2 is 2.30 bits per heavy atom. The fourth-order valence-electron chi connectivity index (χ4n) is 2.05. The molecular weight excluding hydrogens is 260 g/mol. The molecule has 0 saturated heterocycles. The van der Waals surface area contributed by atoms with Crippen LogP contribution >= 0.6 is 0 Å². The number of rotatable bonds is 4. The van der Waals surface area contributed by atoms with E-state index in [1.165, 1.54) is 6.92 Å². The summed E-state index contributed by atoms with van der Waals surface area (Å²) in [6.45, 7) is -1.10. The number of carboxylic acid groups (broad SMARTS) is 1. The molecule has 110 valence electrons. The van der Waals surface area contributed by atoms with E-state index in [0.717, 1.165) is 25.2 Å². The van der Waals surface area contributed by atoms with Crippen LogP contribution in [-0.2, 0) is 9.59 Å². The zero-order valence-corrected chi connectivity index (χ0v) is 11.3. The van der Waals surface area contributed by atoms with Crippen LogP contribution in [0.3, 0.4) is 0 Å². The predicted molar refractivity (Wildman–Crippen MR) is 74.1 cm³/mol. The Kier molecular flexibility index (Phi) is 3.15. The first-order chi connectivity index (χ1) is 10.8. The van der Waals surface area contributed by atoms with Crippen molar-refractivity contribution >= 4 is 11.8 Å². The SMILES string of the molecule is [2H]/C(=C\C(C)=C/C(=O)O)[C@]1(O)C(CO)=CC(=O)C[C@]1(C)C([2H])([2H])[2H]. The third kappa shape index (κ3) is 3.23. The van der Waals surface area contributed by atoms with Crippen molar-refractivity contribution in [3.8, 4) is 0 Å². The molecule has 1 aliphatic rings. The molecule has 0 heterocycles. The van der Waals surface area contributed by atoms with Crippen LogP contribution in [0.2, 0.25) is 0 Å². The summed E-state index contributed by atoms with van der Waals surface area (Å²) in [4.78, 5) is 22.5. The lowest BCUT2D eigenvalue weighted by atomic mass is 9.64. The Morgan fingerprint density at radius 3 is 2.80 bits per heavy atom. The topological polar surface area (TPSA) is 94.8 Å². The lowest BCUT2D eigenvalue weighted by molar-refractivity contribution is -0.131. The summed E-state index contributed by atoms with van der Waals surface area (Å²) in [5.74, 6) is -1.84. The average Bonchev–Trinajstić information content (AvgIpc) is 2.40. The van der Waals surface area contributed by atoms with E-state index in [1.807, 2.05) is 0 Å². The maximum atomic E-state index is 11.9. The summed E-state index contributed by atoms with van der Waals surface area (Å²) in [6, 6.07) is -0.607. The van der Waals surface area contributed by atoms with Gasteiger partial charge in [0.2, 0.25) is 0 Å². The number of aliphatic carboxylic acids is 1. The van der Waals surface area contributed by atoms with E-state index < -0.39 is 48.7 Å². The van der Waals surface area contributed by atoms with Crippen LogP contribution in [0.25, 0.3) is 0 Å². The van der Waals surface area contributed by atoms with Crippen LogP contribution in [0.4, 0.5) is 0 Å². The quantitative estimate of drug-likeness (QED) is 0.533. The molecule has 0 aromatic carbocycles. The van der Waals surface area contributed by atoms with Gasteiger partial charge >= 0.3 is 5.97 Å². The van der Waals surface area contributed by atoms with Gasteiger partial charge in [-0.2, -0.15) is 0 Å². The van der Waals surface area contributed by atoms with Crippen molar-refractivity contribution in [2.45, 2.75) is 32.7 Å². The first kappa shape index (κ1) is 11.0. The van der Waals surface area contributed by atoms with Crippen molar-refractivity contribution in [1.29, 1.82) is 0 Å². The van der Waals surface area contributed by atoms with E-state index in [0.29, 0.717) is 0 Å². The first-order valence-electron chi connectivity index (χ1n) is 7.96. The van der Waals surface area contributed by atoms with Crippen LogP contribution in [0.5, 0.6) is 0 Å². The summed E-state index contributed by atoms with van der Waals surface area (Å²) in [7, 11) is 0. The molecule has 2 atom stereocenters. The summed E-state index contributed by atoms with van der Waals surface area (Å²) >= 11 is 0. The molecule has 0 unspecified atom stereocenters.